The van der Waals surface area contributed by atoms with E-state index in [-0.39, 0.29) is 5.56 Å². The highest BCUT2D eigenvalue weighted by Gasteiger charge is 2.07. The number of halogens is 1. The van der Waals surface area contributed by atoms with Crippen LogP contribution in [-0.2, 0) is 4.79 Å². The number of carboxylic acids is 1. The molecule has 0 amide bonds. The van der Waals surface area contributed by atoms with Crippen molar-refractivity contribution < 1.29 is 19.0 Å². The molecule has 0 aromatic heterocycles. The van der Waals surface area contributed by atoms with E-state index in [1.54, 1.807) is 13.0 Å². The molecule has 1 rings (SSSR count). The smallest absolute Gasteiger partial charge is 0.328 e. The number of rotatable bonds is 3. The van der Waals surface area contributed by atoms with Crippen molar-refractivity contribution in [1.82, 2.24) is 0 Å². The van der Waals surface area contributed by atoms with Gasteiger partial charge in [0.1, 0.15) is 11.6 Å². The van der Waals surface area contributed by atoms with Gasteiger partial charge in [0.25, 0.3) is 0 Å². The predicted molar refractivity (Wildman–Crippen MR) is 54.4 cm³/mol. The first-order valence-corrected chi connectivity index (χ1v) is 4.29. The molecule has 0 aliphatic rings. The van der Waals surface area contributed by atoms with Crippen molar-refractivity contribution >= 4 is 12.0 Å². The summed E-state index contributed by atoms with van der Waals surface area (Å²) in [6.45, 7) is 1.73. The van der Waals surface area contributed by atoms with Crippen LogP contribution >= 0.6 is 0 Å². The first kappa shape index (κ1) is 11.2. The van der Waals surface area contributed by atoms with E-state index < -0.39 is 11.8 Å². The molecule has 4 heteroatoms. The van der Waals surface area contributed by atoms with E-state index in [0.29, 0.717) is 5.75 Å². The van der Waals surface area contributed by atoms with Crippen molar-refractivity contribution in [2.45, 2.75) is 6.92 Å². The van der Waals surface area contributed by atoms with E-state index in [1.165, 1.54) is 19.3 Å². The Morgan fingerprint density at radius 3 is 2.73 bits per heavy atom. The maximum atomic E-state index is 13.4. The summed E-state index contributed by atoms with van der Waals surface area (Å²) >= 11 is 0. The predicted octanol–water partition coefficient (Wildman–Crippen LogP) is 2.24. The molecule has 80 valence electrons. The Morgan fingerprint density at radius 1 is 1.53 bits per heavy atom. The summed E-state index contributed by atoms with van der Waals surface area (Å²) in [6.07, 6.45) is 2.05. The van der Waals surface area contributed by atoms with Gasteiger partial charge >= 0.3 is 5.97 Å². The minimum Gasteiger partial charge on any atom is -0.496 e. The minimum atomic E-state index is -1.13. The van der Waals surface area contributed by atoms with Crippen LogP contribution in [0.25, 0.3) is 6.08 Å². The third kappa shape index (κ3) is 2.80. The van der Waals surface area contributed by atoms with Crippen molar-refractivity contribution in [3.63, 3.8) is 0 Å². The molecule has 0 fully saturated rings. The van der Waals surface area contributed by atoms with Crippen LogP contribution in [-0.4, -0.2) is 18.2 Å². The fraction of sp³-hybridized carbons (Fsp3) is 0.182. The van der Waals surface area contributed by atoms with Crippen LogP contribution in [0.5, 0.6) is 5.75 Å². The Balaban J connectivity index is 3.20. The van der Waals surface area contributed by atoms with Crippen molar-refractivity contribution in [3.05, 3.63) is 35.2 Å². The summed E-state index contributed by atoms with van der Waals surface area (Å²) in [7, 11) is 1.41. The Labute approximate surface area is 86.8 Å². The zero-order valence-corrected chi connectivity index (χ0v) is 8.45. The largest absolute Gasteiger partial charge is 0.496 e. The molecule has 1 N–H and O–H groups in total. The van der Waals surface area contributed by atoms with Crippen LogP contribution in [0.1, 0.15) is 11.1 Å². The number of carbonyl (C=O) groups is 1. The van der Waals surface area contributed by atoms with Crippen molar-refractivity contribution in [1.29, 1.82) is 0 Å². The second-order valence-electron chi connectivity index (χ2n) is 3.03. The molecule has 1 aromatic carbocycles. The zero-order chi connectivity index (χ0) is 11.4. The summed E-state index contributed by atoms with van der Waals surface area (Å²) in [5.41, 5.74) is 0.863. The second-order valence-corrected chi connectivity index (χ2v) is 3.03. The lowest BCUT2D eigenvalue weighted by Gasteiger charge is -2.06. The number of carboxylic acid groups (broad SMARTS) is 1. The van der Waals surface area contributed by atoms with Gasteiger partial charge in [-0.15, -0.1) is 0 Å². The van der Waals surface area contributed by atoms with Crippen LogP contribution in [0.4, 0.5) is 4.39 Å². The van der Waals surface area contributed by atoms with Crippen LogP contribution in [0.3, 0.4) is 0 Å². The number of benzene rings is 1. The number of hydrogen-bond donors (Lipinski definition) is 1. The molecule has 0 atom stereocenters. The third-order valence-electron chi connectivity index (χ3n) is 1.85. The number of hydrogen-bond acceptors (Lipinski definition) is 2. The Morgan fingerprint density at radius 2 is 2.20 bits per heavy atom. The van der Waals surface area contributed by atoms with Gasteiger partial charge in [-0.1, -0.05) is 0 Å². The Kier molecular flexibility index (Phi) is 3.44. The van der Waals surface area contributed by atoms with E-state index in [2.05, 4.69) is 0 Å². The van der Waals surface area contributed by atoms with Gasteiger partial charge in [-0.25, -0.2) is 9.18 Å². The molecule has 0 bridgehead atoms. The summed E-state index contributed by atoms with van der Waals surface area (Å²) in [5.74, 6) is -1.30. The second kappa shape index (κ2) is 4.59. The van der Waals surface area contributed by atoms with Gasteiger partial charge in [-0.2, -0.15) is 0 Å². The van der Waals surface area contributed by atoms with Gasteiger partial charge in [0, 0.05) is 6.08 Å². The number of aryl methyl sites for hydroxylation is 1. The summed E-state index contributed by atoms with van der Waals surface area (Å²) in [6, 6.07) is 2.97. The quantitative estimate of drug-likeness (QED) is 0.778. The lowest BCUT2D eigenvalue weighted by Crippen LogP contribution is -1.94. The lowest BCUT2D eigenvalue weighted by atomic mass is 10.1. The van der Waals surface area contributed by atoms with Crippen molar-refractivity contribution in [3.8, 4) is 5.75 Å². The van der Waals surface area contributed by atoms with Crippen LogP contribution in [0.15, 0.2) is 18.2 Å². The number of ether oxygens (including phenoxy) is 1. The molecular weight excluding hydrogens is 199 g/mol. The first-order valence-electron chi connectivity index (χ1n) is 4.29. The fourth-order valence-corrected chi connectivity index (χ4v) is 1.21. The average Bonchev–Trinajstić information content (AvgIpc) is 2.14. The summed E-state index contributed by atoms with van der Waals surface area (Å²) in [5, 5.41) is 8.43. The van der Waals surface area contributed by atoms with E-state index in [9.17, 15) is 9.18 Å². The maximum Gasteiger partial charge on any atom is 0.328 e. The number of methoxy groups -OCH3 is 1. The topological polar surface area (TPSA) is 46.5 Å². The van der Waals surface area contributed by atoms with Crippen LogP contribution in [0, 0.1) is 12.7 Å². The Hall–Kier alpha value is -1.84. The first-order chi connectivity index (χ1) is 7.04. The van der Waals surface area contributed by atoms with Gasteiger partial charge in [0.15, 0.2) is 0 Å². The highest BCUT2D eigenvalue weighted by Crippen LogP contribution is 2.24. The molecule has 1 aromatic rings. The van der Waals surface area contributed by atoms with Gasteiger partial charge in [0.05, 0.1) is 12.7 Å². The van der Waals surface area contributed by atoms with Crippen molar-refractivity contribution in [2.24, 2.45) is 0 Å². The van der Waals surface area contributed by atoms with E-state index >= 15 is 0 Å². The molecule has 0 saturated carbocycles. The standard InChI is InChI=1S/C11H11FO3/c1-7-5-9(12)8(3-4-11(13)14)10(6-7)15-2/h3-6H,1-2H3,(H,13,14)/b4-3+. The van der Waals surface area contributed by atoms with Gasteiger partial charge in [0.2, 0.25) is 0 Å². The molecule has 0 heterocycles. The molecule has 0 saturated heterocycles. The summed E-state index contributed by atoms with van der Waals surface area (Å²) < 4.78 is 18.4. The molecule has 15 heavy (non-hydrogen) atoms. The molecule has 0 spiro atoms. The maximum absolute atomic E-state index is 13.4. The van der Waals surface area contributed by atoms with E-state index in [4.69, 9.17) is 9.84 Å². The molecule has 0 unspecified atom stereocenters. The molecule has 0 radical (unpaired) electrons. The Bertz CT molecular complexity index is 411. The highest BCUT2D eigenvalue weighted by atomic mass is 19.1. The zero-order valence-electron chi connectivity index (χ0n) is 8.45. The van der Waals surface area contributed by atoms with Gasteiger partial charge in [-0.3, -0.25) is 0 Å². The molecular formula is C11H11FO3. The fourth-order valence-electron chi connectivity index (χ4n) is 1.21. The molecule has 3 nitrogen and oxygen atoms in total. The minimum absolute atomic E-state index is 0.144. The molecule has 0 aliphatic carbocycles. The van der Waals surface area contributed by atoms with E-state index in [0.717, 1.165) is 11.6 Å². The summed E-state index contributed by atoms with van der Waals surface area (Å²) in [4.78, 5) is 10.3. The number of aliphatic carboxylic acids is 1. The highest BCUT2D eigenvalue weighted by molar-refractivity contribution is 5.86. The normalized spacial score (nSPS) is 10.6. The molecule has 0 aliphatic heterocycles. The third-order valence-corrected chi connectivity index (χ3v) is 1.85. The van der Waals surface area contributed by atoms with Gasteiger partial charge in [-0.05, 0) is 30.7 Å². The van der Waals surface area contributed by atoms with Crippen LogP contribution < -0.4 is 4.74 Å². The van der Waals surface area contributed by atoms with Crippen molar-refractivity contribution in [2.75, 3.05) is 7.11 Å². The van der Waals surface area contributed by atoms with E-state index in [1.807, 2.05) is 0 Å². The monoisotopic (exact) mass is 210 g/mol. The lowest BCUT2D eigenvalue weighted by molar-refractivity contribution is -0.131. The van der Waals surface area contributed by atoms with Gasteiger partial charge < -0.3 is 9.84 Å². The average molecular weight is 210 g/mol. The van der Waals surface area contributed by atoms with Crippen LogP contribution in [0.2, 0.25) is 0 Å². The SMILES string of the molecule is COc1cc(C)cc(F)c1/C=C/C(=O)O.